The molecule has 0 fully saturated rings. The summed E-state index contributed by atoms with van der Waals surface area (Å²) in [5.41, 5.74) is 2.56. The lowest BCUT2D eigenvalue weighted by Gasteiger charge is -2.18. The average molecular weight is 271 g/mol. The molecule has 2 aromatic carbocycles. The van der Waals surface area contributed by atoms with Gasteiger partial charge in [-0.15, -0.1) is 0 Å². The maximum atomic E-state index is 11.9. The van der Waals surface area contributed by atoms with E-state index >= 15 is 0 Å². The zero-order valence-corrected chi connectivity index (χ0v) is 10.9. The third kappa shape index (κ3) is 2.54. The molecule has 2 aromatic rings. The van der Waals surface area contributed by atoms with Gasteiger partial charge in [-0.1, -0.05) is 41.9 Å². The van der Waals surface area contributed by atoms with E-state index in [1.54, 1.807) is 12.1 Å². The number of hydrogen-bond acceptors (Lipinski definition) is 2. The molecule has 0 aliphatic carbocycles. The first kappa shape index (κ1) is 12.0. The van der Waals surface area contributed by atoms with E-state index in [9.17, 15) is 4.79 Å². The van der Waals surface area contributed by atoms with Crippen molar-refractivity contribution in [2.75, 3.05) is 0 Å². The van der Waals surface area contributed by atoms with Crippen molar-refractivity contribution in [2.24, 2.45) is 0 Å². The summed E-state index contributed by atoms with van der Waals surface area (Å²) in [6.45, 7) is 0. The standard InChI is InChI=1S/C16H11ClO2/c17-14-6-7-15-12(10-14)9-13(16(18)19-15)8-11-4-2-1-3-5-11/h1-8,10H,9H2. The Hall–Kier alpha value is -2.06. The molecule has 0 amide bonds. The van der Waals surface area contributed by atoms with E-state index < -0.39 is 0 Å². The van der Waals surface area contributed by atoms with Crippen molar-refractivity contribution in [3.8, 4) is 5.75 Å². The van der Waals surface area contributed by atoms with Gasteiger partial charge < -0.3 is 4.74 Å². The number of carbonyl (C=O) groups is 1. The van der Waals surface area contributed by atoms with Crippen LogP contribution in [0, 0.1) is 0 Å². The molecule has 0 unspecified atom stereocenters. The summed E-state index contributed by atoms with van der Waals surface area (Å²) in [4.78, 5) is 11.9. The molecule has 0 aromatic heterocycles. The summed E-state index contributed by atoms with van der Waals surface area (Å²) in [5.74, 6) is 0.304. The zero-order valence-electron chi connectivity index (χ0n) is 10.1. The highest BCUT2D eigenvalue weighted by atomic mass is 35.5. The van der Waals surface area contributed by atoms with Gasteiger partial charge in [0.05, 0.1) is 0 Å². The summed E-state index contributed by atoms with van der Waals surface area (Å²) in [7, 11) is 0. The van der Waals surface area contributed by atoms with E-state index in [0.717, 1.165) is 11.1 Å². The Labute approximate surface area is 116 Å². The number of ether oxygens (including phenoxy) is 1. The molecule has 0 N–H and O–H groups in total. The van der Waals surface area contributed by atoms with Gasteiger partial charge in [0.1, 0.15) is 5.75 Å². The largest absolute Gasteiger partial charge is 0.423 e. The highest BCUT2D eigenvalue weighted by Gasteiger charge is 2.22. The monoisotopic (exact) mass is 270 g/mol. The van der Waals surface area contributed by atoms with Crippen LogP contribution in [0.25, 0.3) is 6.08 Å². The van der Waals surface area contributed by atoms with Crippen LogP contribution in [-0.4, -0.2) is 5.97 Å². The van der Waals surface area contributed by atoms with Gasteiger partial charge in [0.15, 0.2) is 0 Å². The summed E-state index contributed by atoms with van der Waals surface area (Å²) in [6.07, 6.45) is 2.40. The maximum absolute atomic E-state index is 11.9. The topological polar surface area (TPSA) is 26.3 Å². The van der Waals surface area contributed by atoms with Crippen molar-refractivity contribution in [2.45, 2.75) is 6.42 Å². The third-order valence-corrected chi connectivity index (χ3v) is 3.24. The number of benzene rings is 2. The lowest BCUT2D eigenvalue weighted by Crippen LogP contribution is -2.19. The highest BCUT2D eigenvalue weighted by molar-refractivity contribution is 6.30. The van der Waals surface area contributed by atoms with Crippen molar-refractivity contribution in [1.29, 1.82) is 0 Å². The van der Waals surface area contributed by atoms with Crippen molar-refractivity contribution in [3.05, 3.63) is 70.3 Å². The molecule has 0 atom stereocenters. The van der Waals surface area contributed by atoms with Gasteiger partial charge in [-0.05, 0) is 29.8 Å². The number of hydrogen-bond donors (Lipinski definition) is 0. The molecule has 94 valence electrons. The Morgan fingerprint density at radius 1 is 1.11 bits per heavy atom. The number of carbonyl (C=O) groups excluding carboxylic acids is 1. The van der Waals surface area contributed by atoms with Crippen LogP contribution in [0.5, 0.6) is 5.75 Å². The second kappa shape index (κ2) is 4.90. The minimum absolute atomic E-state index is 0.293. The van der Waals surface area contributed by atoms with Gasteiger partial charge in [0.2, 0.25) is 0 Å². The SMILES string of the molecule is O=C1Oc2ccc(Cl)cc2CC1=Cc1ccccc1. The predicted molar refractivity (Wildman–Crippen MR) is 75.2 cm³/mol. The first-order valence-corrected chi connectivity index (χ1v) is 6.36. The van der Waals surface area contributed by atoms with E-state index in [1.807, 2.05) is 42.5 Å². The fourth-order valence-electron chi connectivity index (χ4n) is 2.09. The molecule has 1 aliphatic heterocycles. The quantitative estimate of drug-likeness (QED) is 0.446. The van der Waals surface area contributed by atoms with Crippen LogP contribution in [0.15, 0.2) is 54.1 Å². The van der Waals surface area contributed by atoms with Gasteiger partial charge in [-0.3, -0.25) is 0 Å². The number of esters is 1. The molecule has 0 saturated heterocycles. The van der Waals surface area contributed by atoms with Crippen LogP contribution in [-0.2, 0) is 11.2 Å². The number of rotatable bonds is 1. The Morgan fingerprint density at radius 2 is 1.89 bits per heavy atom. The molecular weight excluding hydrogens is 260 g/mol. The van der Waals surface area contributed by atoms with Crippen LogP contribution >= 0.6 is 11.6 Å². The fraction of sp³-hybridized carbons (Fsp3) is 0.0625. The van der Waals surface area contributed by atoms with Crippen LogP contribution in [0.1, 0.15) is 11.1 Å². The first-order valence-electron chi connectivity index (χ1n) is 5.98. The van der Waals surface area contributed by atoms with Crippen LogP contribution in [0.2, 0.25) is 5.02 Å². The minimum atomic E-state index is -0.293. The molecule has 3 heteroatoms. The number of fused-ring (bicyclic) bond motifs is 1. The molecule has 1 heterocycles. The second-order valence-corrected chi connectivity index (χ2v) is 4.84. The third-order valence-electron chi connectivity index (χ3n) is 3.01. The lowest BCUT2D eigenvalue weighted by atomic mass is 9.99. The van der Waals surface area contributed by atoms with Crippen LogP contribution in [0.3, 0.4) is 0 Å². The predicted octanol–water partition coefficient (Wildman–Crippen LogP) is 3.89. The minimum Gasteiger partial charge on any atom is -0.423 e. The Kier molecular flexibility index (Phi) is 3.10. The highest BCUT2D eigenvalue weighted by Crippen LogP contribution is 2.30. The average Bonchev–Trinajstić information content (AvgIpc) is 2.41. The van der Waals surface area contributed by atoms with E-state index in [0.29, 0.717) is 22.8 Å². The van der Waals surface area contributed by atoms with Crippen molar-refractivity contribution >= 4 is 23.6 Å². The van der Waals surface area contributed by atoms with Gasteiger partial charge in [-0.25, -0.2) is 4.79 Å². The molecule has 0 saturated carbocycles. The molecule has 0 radical (unpaired) electrons. The second-order valence-electron chi connectivity index (χ2n) is 4.40. The van der Waals surface area contributed by atoms with Crippen molar-refractivity contribution in [1.82, 2.24) is 0 Å². The first-order chi connectivity index (χ1) is 9.22. The van der Waals surface area contributed by atoms with Crippen LogP contribution in [0.4, 0.5) is 0 Å². The van der Waals surface area contributed by atoms with Gasteiger partial charge in [0.25, 0.3) is 0 Å². The lowest BCUT2D eigenvalue weighted by molar-refractivity contribution is -0.130. The Balaban J connectivity index is 1.97. The molecular formula is C16H11ClO2. The maximum Gasteiger partial charge on any atom is 0.339 e. The summed E-state index contributed by atoms with van der Waals surface area (Å²) < 4.78 is 5.31. The summed E-state index contributed by atoms with van der Waals surface area (Å²) >= 11 is 5.96. The summed E-state index contributed by atoms with van der Waals surface area (Å²) in [6, 6.07) is 15.0. The zero-order chi connectivity index (χ0) is 13.2. The van der Waals surface area contributed by atoms with E-state index in [4.69, 9.17) is 16.3 Å². The van der Waals surface area contributed by atoms with Crippen molar-refractivity contribution < 1.29 is 9.53 Å². The fourth-order valence-corrected chi connectivity index (χ4v) is 2.28. The van der Waals surface area contributed by atoms with Gasteiger partial charge >= 0.3 is 5.97 Å². The molecule has 0 spiro atoms. The molecule has 3 rings (SSSR count). The van der Waals surface area contributed by atoms with E-state index in [2.05, 4.69) is 0 Å². The van der Waals surface area contributed by atoms with Crippen LogP contribution < -0.4 is 4.74 Å². The molecule has 2 nitrogen and oxygen atoms in total. The van der Waals surface area contributed by atoms with E-state index in [1.165, 1.54) is 0 Å². The van der Waals surface area contributed by atoms with Gasteiger partial charge in [0, 0.05) is 22.6 Å². The van der Waals surface area contributed by atoms with Gasteiger partial charge in [-0.2, -0.15) is 0 Å². The molecule has 0 bridgehead atoms. The normalized spacial score (nSPS) is 16.1. The summed E-state index contributed by atoms with van der Waals surface area (Å²) in [5, 5.41) is 0.649. The number of halogens is 1. The molecule has 19 heavy (non-hydrogen) atoms. The van der Waals surface area contributed by atoms with E-state index in [-0.39, 0.29) is 5.97 Å². The Bertz CT molecular complexity index is 660. The smallest absolute Gasteiger partial charge is 0.339 e. The molecule has 1 aliphatic rings. The van der Waals surface area contributed by atoms with Crippen molar-refractivity contribution in [3.63, 3.8) is 0 Å². The Morgan fingerprint density at radius 3 is 2.68 bits per heavy atom.